The van der Waals surface area contributed by atoms with Crippen molar-refractivity contribution in [2.45, 2.75) is 17.7 Å². The van der Waals surface area contributed by atoms with Crippen LogP contribution in [0.15, 0.2) is 23.1 Å². The van der Waals surface area contributed by atoms with Crippen LogP contribution in [0.1, 0.15) is 18.4 Å². The Balaban J connectivity index is 2.28. The number of anilines is 1. The van der Waals surface area contributed by atoms with E-state index in [1.165, 1.54) is 0 Å². The van der Waals surface area contributed by atoms with Crippen LogP contribution in [0.3, 0.4) is 0 Å². The Morgan fingerprint density at radius 2 is 2.37 bits per heavy atom. The lowest BCUT2D eigenvalue weighted by Crippen LogP contribution is -2.24. The van der Waals surface area contributed by atoms with Gasteiger partial charge in [0, 0.05) is 35.8 Å². The number of rotatable bonds is 5. The average Bonchev–Trinajstić information content (AvgIpc) is 2.86. The molecule has 1 aliphatic heterocycles. The summed E-state index contributed by atoms with van der Waals surface area (Å²) in [4.78, 5) is 3.94. The first-order chi connectivity index (χ1) is 9.17. The van der Waals surface area contributed by atoms with Gasteiger partial charge in [-0.3, -0.25) is 0 Å². The van der Waals surface area contributed by atoms with Gasteiger partial charge in [-0.25, -0.2) is 0 Å². The molecular formula is C14H20N2OS2. The van der Waals surface area contributed by atoms with E-state index in [0.29, 0.717) is 10.9 Å². The summed E-state index contributed by atoms with van der Waals surface area (Å²) in [6.07, 6.45) is 4.04. The molecule has 0 aromatic heterocycles. The van der Waals surface area contributed by atoms with Crippen LogP contribution in [0.5, 0.6) is 0 Å². The average molecular weight is 296 g/mol. The summed E-state index contributed by atoms with van der Waals surface area (Å²) in [5.74, 6) is 0.571. The van der Waals surface area contributed by atoms with Crippen molar-refractivity contribution in [1.82, 2.24) is 0 Å². The molecule has 1 atom stereocenters. The largest absolute Gasteiger partial charge is 0.396 e. The third-order valence-electron chi connectivity index (χ3n) is 3.63. The fourth-order valence-corrected chi connectivity index (χ4v) is 3.58. The third-order valence-corrected chi connectivity index (χ3v) is 4.62. The molecule has 1 aliphatic rings. The van der Waals surface area contributed by atoms with Gasteiger partial charge in [-0.1, -0.05) is 18.3 Å². The first kappa shape index (κ1) is 14.6. The summed E-state index contributed by atoms with van der Waals surface area (Å²) in [6, 6.07) is 6.21. The van der Waals surface area contributed by atoms with Gasteiger partial charge in [-0.2, -0.15) is 0 Å². The number of aliphatic hydroxyl groups is 1. The fraction of sp³-hybridized carbons (Fsp3) is 0.500. The molecule has 0 bridgehead atoms. The van der Waals surface area contributed by atoms with E-state index in [-0.39, 0.29) is 6.61 Å². The Morgan fingerprint density at radius 3 is 3.00 bits per heavy atom. The predicted molar refractivity (Wildman–Crippen MR) is 86.1 cm³/mol. The highest BCUT2D eigenvalue weighted by Gasteiger charge is 2.25. The highest BCUT2D eigenvalue weighted by atomic mass is 32.2. The highest BCUT2D eigenvalue weighted by molar-refractivity contribution is 7.98. The van der Waals surface area contributed by atoms with Crippen LogP contribution in [0, 0.1) is 5.92 Å². The van der Waals surface area contributed by atoms with E-state index >= 15 is 0 Å². The molecule has 0 saturated carbocycles. The third kappa shape index (κ3) is 3.22. The first-order valence-corrected chi connectivity index (χ1v) is 8.13. The smallest absolute Gasteiger partial charge is 0.107 e. The maximum atomic E-state index is 9.05. The lowest BCUT2D eigenvalue weighted by Gasteiger charge is -2.23. The van der Waals surface area contributed by atoms with E-state index in [4.69, 9.17) is 23.1 Å². The van der Waals surface area contributed by atoms with Gasteiger partial charge in [0.25, 0.3) is 0 Å². The van der Waals surface area contributed by atoms with Crippen molar-refractivity contribution < 1.29 is 5.11 Å². The molecule has 3 N–H and O–H groups in total. The number of nitrogens with zero attached hydrogens (tertiary/aromatic N) is 1. The van der Waals surface area contributed by atoms with Crippen molar-refractivity contribution in [2.75, 3.05) is 30.9 Å². The lowest BCUT2D eigenvalue weighted by molar-refractivity contribution is 0.263. The van der Waals surface area contributed by atoms with Gasteiger partial charge in [-0.05, 0) is 37.1 Å². The van der Waals surface area contributed by atoms with E-state index in [0.717, 1.165) is 42.1 Å². The number of thiocarbonyl (C=S) groups is 1. The molecule has 104 valence electrons. The summed E-state index contributed by atoms with van der Waals surface area (Å²) in [7, 11) is 0. The Hall–Kier alpha value is -0.780. The summed E-state index contributed by atoms with van der Waals surface area (Å²) in [5, 5.41) is 9.05. The zero-order valence-electron chi connectivity index (χ0n) is 11.1. The number of nitrogens with two attached hydrogens (primary N) is 1. The van der Waals surface area contributed by atoms with Gasteiger partial charge in [0.2, 0.25) is 0 Å². The van der Waals surface area contributed by atoms with E-state index in [9.17, 15) is 0 Å². The Bertz CT molecular complexity index is 465. The van der Waals surface area contributed by atoms with Crippen molar-refractivity contribution in [1.29, 1.82) is 0 Å². The van der Waals surface area contributed by atoms with Gasteiger partial charge in [0.15, 0.2) is 0 Å². The van der Waals surface area contributed by atoms with Crippen molar-refractivity contribution >= 4 is 34.7 Å². The molecule has 0 aliphatic carbocycles. The van der Waals surface area contributed by atoms with Crippen molar-refractivity contribution in [3.8, 4) is 0 Å². The maximum absolute atomic E-state index is 9.05. The van der Waals surface area contributed by atoms with Gasteiger partial charge < -0.3 is 15.7 Å². The Morgan fingerprint density at radius 1 is 1.58 bits per heavy atom. The normalized spacial score (nSPS) is 18.8. The molecule has 5 heteroatoms. The van der Waals surface area contributed by atoms with E-state index in [1.54, 1.807) is 11.8 Å². The van der Waals surface area contributed by atoms with Crippen LogP contribution in [-0.4, -0.2) is 36.0 Å². The molecule has 0 radical (unpaired) electrons. The van der Waals surface area contributed by atoms with Crippen LogP contribution in [-0.2, 0) is 0 Å². The zero-order chi connectivity index (χ0) is 13.8. The second-order valence-corrected chi connectivity index (χ2v) is 6.12. The number of hydrogen-bond donors (Lipinski definition) is 2. The molecule has 2 rings (SSSR count). The van der Waals surface area contributed by atoms with Gasteiger partial charge in [-0.15, -0.1) is 11.8 Å². The summed E-state index contributed by atoms with van der Waals surface area (Å²) >= 11 is 6.89. The lowest BCUT2D eigenvalue weighted by atomic mass is 10.1. The molecule has 1 fully saturated rings. The molecule has 19 heavy (non-hydrogen) atoms. The molecule has 0 amide bonds. The van der Waals surface area contributed by atoms with Crippen LogP contribution >= 0.6 is 24.0 Å². The van der Waals surface area contributed by atoms with Crippen LogP contribution < -0.4 is 10.6 Å². The zero-order valence-corrected chi connectivity index (χ0v) is 12.8. The monoisotopic (exact) mass is 296 g/mol. The summed E-state index contributed by atoms with van der Waals surface area (Å²) in [6.45, 7) is 2.26. The minimum absolute atomic E-state index is 0.269. The second kappa shape index (κ2) is 6.59. The van der Waals surface area contributed by atoms with Crippen LogP contribution in [0.25, 0.3) is 0 Å². The number of hydrogen-bond acceptors (Lipinski definition) is 4. The second-order valence-electron chi connectivity index (χ2n) is 4.83. The number of benzene rings is 1. The Labute approximate surface area is 124 Å². The van der Waals surface area contributed by atoms with Gasteiger partial charge >= 0.3 is 0 Å². The van der Waals surface area contributed by atoms with Crippen molar-refractivity contribution in [3.63, 3.8) is 0 Å². The van der Waals surface area contributed by atoms with E-state index in [1.807, 2.05) is 6.26 Å². The predicted octanol–water partition coefficient (Wildman–Crippen LogP) is 2.25. The van der Waals surface area contributed by atoms with E-state index < -0.39 is 0 Å². The quantitative estimate of drug-likeness (QED) is 0.645. The van der Waals surface area contributed by atoms with Crippen molar-refractivity contribution in [2.24, 2.45) is 11.7 Å². The molecule has 0 spiro atoms. The van der Waals surface area contributed by atoms with Gasteiger partial charge in [0.05, 0.1) is 0 Å². The van der Waals surface area contributed by atoms with Gasteiger partial charge in [0.1, 0.15) is 4.99 Å². The SMILES string of the molecule is CSc1cccc(N2CCC(CCO)C2)c1C(N)=S. The van der Waals surface area contributed by atoms with E-state index in [2.05, 4.69) is 23.1 Å². The minimum Gasteiger partial charge on any atom is -0.396 e. The summed E-state index contributed by atoms with van der Waals surface area (Å²) in [5.41, 5.74) is 8.04. The molecular weight excluding hydrogens is 276 g/mol. The summed E-state index contributed by atoms with van der Waals surface area (Å²) < 4.78 is 0. The molecule has 1 unspecified atom stereocenters. The number of aliphatic hydroxyl groups excluding tert-OH is 1. The molecule has 1 heterocycles. The van der Waals surface area contributed by atoms with Crippen molar-refractivity contribution in [3.05, 3.63) is 23.8 Å². The fourth-order valence-electron chi connectivity index (χ4n) is 2.67. The molecule has 1 saturated heterocycles. The maximum Gasteiger partial charge on any atom is 0.107 e. The molecule has 1 aromatic rings. The standard InChI is InChI=1S/C14H20N2OS2/c1-19-12-4-2-3-11(13(12)14(15)18)16-7-5-10(9-16)6-8-17/h2-4,10,17H,5-9H2,1H3,(H2,15,18). The topological polar surface area (TPSA) is 49.5 Å². The molecule has 1 aromatic carbocycles. The molecule has 3 nitrogen and oxygen atoms in total. The number of thioether (sulfide) groups is 1. The minimum atomic E-state index is 0.269. The first-order valence-electron chi connectivity index (χ1n) is 6.50. The van der Waals surface area contributed by atoms with Crippen LogP contribution in [0.4, 0.5) is 5.69 Å². The Kier molecular flexibility index (Phi) is 5.07. The highest BCUT2D eigenvalue weighted by Crippen LogP contribution is 2.33. The van der Waals surface area contributed by atoms with Crippen LogP contribution in [0.2, 0.25) is 0 Å².